The molecule has 0 N–H and O–H groups in total. The minimum absolute atomic E-state index is 0.0153. The molecule has 74 valence electrons. The van der Waals surface area contributed by atoms with Crippen LogP contribution in [0, 0.1) is 0 Å². The summed E-state index contributed by atoms with van der Waals surface area (Å²) in [6.45, 7) is 1.96. The van der Waals surface area contributed by atoms with E-state index in [-0.39, 0.29) is 6.10 Å². The van der Waals surface area contributed by atoms with Crippen LogP contribution >= 0.6 is 11.6 Å². The van der Waals surface area contributed by atoms with Crippen LogP contribution in [0.3, 0.4) is 0 Å². The minimum atomic E-state index is -0.0153. The first-order chi connectivity index (χ1) is 6.72. The summed E-state index contributed by atoms with van der Waals surface area (Å²) in [4.78, 5) is 4.29. The maximum atomic E-state index is 5.91. The smallest absolute Gasteiger partial charge is 0.0996 e. The first-order valence-corrected chi connectivity index (χ1v) is 4.75. The molecule has 0 saturated heterocycles. The fourth-order valence-corrected chi connectivity index (χ4v) is 1.57. The highest BCUT2D eigenvalue weighted by molar-refractivity contribution is 6.30. The Morgan fingerprint density at radius 2 is 2.36 bits per heavy atom. The van der Waals surface area contributed by atoms with Crippen molar-refractivity contribution in [2.24, 2.45) is 0 Å². The number of hydrogen-bond donors (Lipinski definition) is 0. The van der Waals surface area contributed by atoms with Crippen molar-refractivity contribution in [1.29, 1.82) is 0 Å². The van der Waals surface area contributed by atoms with Crippen molar-refractivity contribution < 1.29 is 4.74 Å². The summed E-state index contributed by atoms with van der Waals surface area (Å²) in [6, 6.07) is 3.72. The quantitative estimate of drug-likeness (QED) is 0.762. The molecule has 0 amide bonds. The Kier molecular flexibility index (Phi) is 2.44. The number of halogens is 1. The number of fused-ring (bicyclic) bond motifs is 1. The number of ether oxygens (including phenoxy) is 1. The van der Waals surface area contributed by atoms with E-state index >= 15 is 0 Å². The predicted octanol–water partition coefficient (Wildman–Crippen LogP) is 2.70. The number of aromatic nitrogens is 2. The Hall–Kier alpha value is -1.06. The lowest BCUT2D eigenvalue weighted by molar-refractivity contribution is 0.117. The van der Waals surface area contributed by atoms with E-state index in [1.807, 2.05) is 29.7 Å². The Morgan fingerprint density at radius 3 is 3.07 bits per heavy atom. The van der Waals surface area contributed by atoms with Gasteiger partial charge in [0.2, 0.25) is 0 Å². The standard InChI is InChI=1S/C10H11ClN2O/c1-7(14-2)10-9-5-8(11)3-4-13(9)6-12-10/h3-7H,1-2H3. The molecule has 3 nitrogen and oxygen atoms in total. The highest BCUT2D eigenvalue weighted by Crippen LogP contribution is 2.22. The lowest BCUT2D eigenvalue weighted by Gasteiger charge is -2.06. The monoisotopic (exact) mass is 210 g/mol. The second-order valence-electron chi connectivity index (χ2n) is 3.15. The summed E-state index contributed by atoms with van der Waals surface area (Å²) in [7, 11) is 1.67. The Balaban J connectivity index is 2.61. The molecule has 14 heavy (non-hydrogen) atoms. The molecule has 0 aliphatic carbocycles. The van der Waals surface area contributed by atoms with Gasteiger partial charge in [0.1, 0.15) is 0 Å². The van der Waals surface area contributed by atoms with Gasteiger partial charge >= 0.3 is 0 Å². The summed E-state index contributed by atoms with van der Waals surface area (Å²) in [6.07, 6.45) is 3.63. The van der Waals surface area contributed by atoms with E-state index in [9.17, 15) is 0 Å². The molecular weight excluding hydrogens is 200 g/mol. The summed E-state index contributed by atoms with van der Waals surface area (Å²) in [5.74, 6) is 0. The van der Waals surface area contributed by atoms with Crippen molar-refractivity contribution in [3.8, 4) is 0 Å². The van der Waals surface area contributed by atoms with Crippen molar-refractivity contribution in [2.45, 2.75) is 13.0 Å². The number of hydrogen-bond acceptors (Lipinski definition) is 2. The van der Waals surface area contributed by atoms with Gasteiger partial charge < -0.3 is 9.14 Å². The molecule has 2 rings (SSSR count). The van der Waals surface area contributed by atoms with E-state index in [0.717, 1.165) is 11.2 Å². The average molecular weight is 211 g/mol. The average Bonchev–Trinajstić information content (AvgIpc) is 2.59. The second-order valence-corrected chi connectivity index (χ2v) is 3.58. The molecule has 0 aliphatic heterocycles. The molecule has 0 radical (unpaired) electrons. The lowest BCUT2D eigenvalue weighted by atomic mass is 10.2. The molecule has 0 aliphatic rings. The summed E-state index contributed by atoms with van der Waals surface area (Å²) >= 11 is 5.91. The molecule has 2 aromatic heterocycles. The van der Waals surface area contributed by atoms with E-state index < -0.39 is 0 Å². The predicted molar refractivity (Wildman–Crippen MR) is 55.6 cm³/mol. The van der Waals surface area contributed by atoms with Crippen LogP contribution in [0.1, 0.15) is 18.7 Å². The normalized spacial score (nSPS) is 13.4. The highest BCUT2D eigenvalue weighted by atomic mass is 35.5. The van der Waals surface area contributed by atoms with Crippen LogP contribution in [0.15, 0.2) is 24.7 Å². The van der Waals surface area contributed by atoms with Crippen LogP contribution in [0.4, 0.5) is 0 Å². The molecule has 1 unspecified atom stereocenters. The molecule has 0 saturated carbocycles. The van der Waals surface area contributed by atoms with E-state index in [0.29, 0.717) is 5.02 Å². The summed E-state index contributed by atoms with van der Waals surface area (Å²) in [5.41, 5.74) is 1.90. The first kappa shape index (κ1) is 9.49. The molecular formula is C10H11ClN2O. The van der Waals surface area contributed by atoms with Crippen LogP contribution in [-0.4, -0.2) is 16.5 Å². The molecule has 2 aromatic rings. The first-order valence-electron chi connectivity index (χ1n) is 4.37. The molecule has 0 bridgehead atoms. The molecule has 0 aromatic carbocycles. The van der Waals surface area contributed by atoms with Crippen LogP contribution < -0.4 is 0 Å². The molecule has 1 atom stereocenters. The van der Waals surface area contributed by atoms with Gasteiger partial charge in [-0.3, -0.25) is 0 Å². The zero-order valence-electron chi connectivity index (χ0n) is 8.07. The second kappa shape index (κ2) is 3.59. The van der Waals surface area contributed by atoms with Crippen molar-refractivity contribution in [3.63, 3.8) is 0 Å². The third-order valence-electron chi connectivity index (χ3n) is 2.27. The van der Waals surface area contributed by atoms with Crippen LogP contribution in [-0.2, 0) is 4.74 Å². The summed E-state index contributed by atoms with van der Waals surface area (Å²) in [5, 5.41) is 0.711. The fourth-order valence-electron chi connectivity index (χ4n) is 1.41. The van der Waals surface area contributed by atoms with Gasteiger partial charge in [-0.1, -0.05) is 11.6 Å². The van der Waals surface area contributed by atoms with Crippen molar-refractivity contribution >= 4 is 17.1 Å². The maximum absolute atomic E-state index is 5.91. The zero-order chi connectivity index (χ0) is 10.1. The van der Waals surface area contributed by atoms with Gasteiger partial charge in [0.25, 0.3) is 0 Å². The minimum Gasteiger partial charge on any atom is -0.375 e. The van der Waals surface area contributed by atoms with Gasteiger partial charge in [-0.2, -0.15) is 0 Å². The number of rotatable bonds is 2. The van der Waals surface area contributed by atoms with Gasteiger partial charge in [0.05, 0.1) is 23.6 Å². The van der Waals surface area contributed by atoms with Crippen molar-refractivity contribution in [2.75, 3.05) is 7.11 Å². The Bertz CT molecular complexity index is 452. The fraction of sp³-hybridized carbons (Fsp3) is 0.300. The van der Waals surface area contributed by atoms with E-state index in [2.05, 4.69) is 4.98 Å². The van der Waals surface area contributed by atoms with Gasteiger partial charge in [-0.15, -0.1) is 0 Å². The molecule has 0 fully saturated rings. The molecule has 4 heteroatoms. The van der Waals surface area contributed by atoms with E-state index in [1.54, 1.807) is 13.4 Å². The molecule has 0 spiro atoms. The largest absolute Gasteiger partial charge is 0.375 e. The van der Waals surface area contributed by atoms with Crippen molar-refractivity contribution in [1.82, 2.24) is 9.38 Å². The van der Waals surface area contributed by atoms with Crippen LogP contribution in [0.25, 0.3) is 5.52 Å². The zero-order valence-corrected chi connectivity index (χ0v) is 8.82. The summed E-state index contributed by atoms with van der Waals surface area (Å²) < 4.78 is 7.15. The van der Waals surface area contributed by atoms with Gasteiger partial charge in [-0.05, 0) is 19.1 Å². The topological polar surface area (TPSA) is 26.5 Å². The van der Waals surface area contributed by atoms with Crippen LogP contribution in [0.2, 0.25) is 5.02 Å². The van der Waals surface area contributed by atoms with Gasteiger partial charge in [0.15, 0.2) is 0 Å². The van der Waals surface area contributed by atoms with Crippen LogP contribution in [0.5, 0.6) is 0 Å². The number of nitrogens with zero attached hydrogens (tertiary/aromatic N) is 2. The lowest BCUT2D eigenvalue weighted by Crippen LogP contribution is -1.96. The van der Waals surface area contributed by atoms with Gasteiger partial charge in [-0.25, -0.2) is 4.98 Å². The number of pyridine rings is 1. The molecule has 2 heterocycles. The number of imidazole rings is 1. The maximum Gasteiger partial charge on any atom is 0.0996 e. The third kappa shape index (κ3) is 1.49. The SMILES string of the molecule is COC(C)c1ncn2ccc(Cl)cc12. The third-order valence-corrected chi connectivity index (χ3v) is 2.50. The Labute approximate surface area is 87.3 Å². The van der Waals surface area contributed by atoms with Crippen molar-refractivity contribution in [3.05, 3.63) is 35.4 Å². The highest BCUT2D eigenvalue weighted by Gasteiger charge is 2.11. The van der Waals surface area contributed by atoms with Gasteiger partial charge in [0, 0.05) is 18.3 Å². The number of methoxy groups -OCH3 is 1. The van der Waals surface area contributed by atoms with E-state index in [1.165, 1.54) is 0 Å². The Morgan fingerprint density at radius 1 is 1.57 bits per heavy atom. The van der Waals surface area contributed by atoms with E-state index in [4.69, 9.17) is 16.3 Å².